The van der Waals surface area contributed by atoms with Crippen molar-refractivity contribution >= 4 is 34.5 Å². The number of aliphatic hydroxyl groups excluding tert-OH is 1. The molecule has 0 bridgehead atoms. The summed E-state index contributed by atoms with van der Waals surface area (Å²) in [6.45, 7) is 0.134. The normalized spacial score (nSPS) is 13.2. The first kappa shape index (κ1) is 11.3. The van der Waals surface area contributed by atoms with Crippen molar-refractivity contribution in [2.45, 2.75) is 12.5 Å². The summed E-state index contributed by atoms with van der Waals surface area (Å²) in [6, 6.07) is 1.92. The Hall–Kier alpha value is 0.200. The Kier molecular flexibility index (Phi) is 4.49. The number of hydrogen-bond donors (Lipinski definition) is 2. The van der Waals surface area contributed by atoms with E-state index in [0.29, 0.717) is 15.1 Å². The Labute approximate surface area is 91.5 Å². The number of rotatable bonds is 4. The van der Waals surface area contributed by atoms with Crippen LogP contribution < -0.4 is 5.32 Å². The molecule has 0 aliphatic carbocycles. The van der Waals surface area contributed by atoms with Crippen molar-refractivity contribution in [2.75, 3.05) is 13.7 Å². The Bertz CT molecular complexity index is 277. The smallest absolute Gasteiger partial charge is 0.0991 e. The Morgan fingerprint density at radius 3 is 2.69 bits per heavy atom. The van der Waals surface area contributed by atoms with E-state index in [1.165, 1.54) is 11.3 Å². The van der Waals surface area contributed by atoms with Crippen LogP contribution in [0.4, 0.5) is 0 Å². The second-order valence-corrected chi connectivity index (χ2v) is 4.92. The molecule has 2 nitrogen and oxygen atoms in total. The topological polar surface area (TPSA) is 32.3 Å². The summed E-state index contributed by atoms with van der Waals surface area (Å²) < 4.78 is 1.37. The van der Waals surface area contributed by atoms with E-state index in [4.69, 9.17) is 28.3 Å². The molecule has 1 atom stereocenters. The van der Waals surface area contributed by atoms with Crippen LogP contribution in [0.25, 0.3) is 0 Å². The molecule has 1 aromatic rings. The third-order valence-corrected chi connectivity index (χ3v) is 3.34. The maximum atomic E-state index is 8.81. The Morgan fingerprint density at radius 2 is 2.31 bits per heavy atom. The zero-order valence-corrected chi connectivity index (χ0v) is 9.51. The predicted octanol–water partition coefficient (Wildman–Crippen LogP) is 2.70. The second kappa shape index (κ2) is 5.17. The lowest BCUT2D eigenvalue weighted by Gasteiger charge is -2.13. The molecule has 0 saturated carbocycles. The summed E-state index contributed by atoms with van der Waals surface area (Å²) in [6.07, 6.45) is 0.642. The molecule has 0 aromatic carbocycles. The van der Waals surface area contributed by atoms with Crippen LogP contribution >= 0.6 is 34.5 Å². The average molecular weight is 240 g/mol. The molecule has 1 rings (SSSR count). The summed E-state index contributed by atoms with van der Waals surface area (Å²) in [5.41, 5.74) is 0.966. The van der Waals surface area contributed by atoms with Gasteiger partial charge in [0.2, 0.25) is 0 Å². The van der Waals surface area contributed by atoms with Crippen LogP contribution in [0.3, 0.4) is 0 Å². The summed E-state index contributed by atoms with van der Waals surface area (Å²) in [5, 5.41) is 11.9. The lowest BCUT2D eigenvalue weighted by atomic mass is 10.1. The molecule has 0 aliphatic rings. The highest BCUT2D eigenvalue weighted by Crippen LogP contribution is 2.35. The molecule has 1 heterocycles. The molecule has 0 radical (unpaired) electrons. The zero-order valence-electron chi connectivity index (χ0n) is 7.18. The highest BCUT2D eigenvalue weighted by Gasteiger charge is 2.15. The van der Waals surface area contributed by atoms with Gasteiger partial charge < -0.3 is 10.4 Å². The lowest BCUT2D eigenvalue weighted by Crippen LogP contribution is -2.17. The van der Waals surface area contributed by atoms with Crippen molar-refractivity contribution in [3.63, 3.8) is 0 Å². The van der Waals surface area contributed by atoms with Gasteiger partial charge >= 0.3 is 0 Å². The van der Waals surface area contributed by atoms with Crippen molar-refractivity contribution < 1.29 is 5.11 Å². The molecular weight excluding hydrogens is 229 g/mol. The van der Waals surface area contributed by atoms with E-state index in [-0.39, 0.29) is 12.6 Å². The van der Waals surface area contributed by atoms with E-state index >= 15 is 0 Å². The summed E-state index contributed by atoms with van der Waals surface area (Å²) in [5.74, 6) is 0. The Balaban J connectivity index is 2.83. The third kappa shape index (κ3) is 2.82. The molecule has 13 heavy (non-hydrogen) atoms. The SMILES string of the molecule is CNC(CCO)c1cc(Cl)sc1Cl. The first-order valence-corrected chi connectivity index (χ1v) is 5.49. The fourth-order valence-corrected chi connectivity index (χ4v) is 2.75. The zero-order chi connectivity index (χ0) is 9.84. The van der Waals surface area contributed by atoms with E-state index in [9.17, 15) is 0 Å². The molecule has 0 spiro atoms. The van der Waals surface area contributed by atoms with E-state index in [1.807, 2.05) is 13.1 Å². The number of halogens is 2. The van der Waals surface area contributed by atoms with Crippen molar-refractivity contribution in [1.29, 1.82) is 0 Å². The molecule has 1 aromatic heterocycles. The van der Waals surface area contributed by atoms with Gasteiger partial charge in [-0.1, -0.05) is 23.2 Å². The standard InChI is InChI=1S/C8H11Cl2NOS/c1-11-6(2-3-12)5-4-7(9)13-8(5)10/h4,6,11-12H,2-3H2,1H3. The molecule has 0 aliphatic heterocycles. The molecule has 74 valence electrons. The summed E-state index contributed by atoms with van der Waals surface area (Å²) in [4.78, 5) is 0. The first-order chi connectivity index (χ1) is 6.19. The van der Waals surface area contributed by atoms with Gasteiger partial charge in [-0.15, -0.1) is 11.3 Å². The fraction of sp³-hybridized carbons (Fsp3) is 0.500. The van der Waals surface area contributed by atoms with Crippen LogP contribution in [0.5, 0.6) is 0 Å². The van der Waals surface area contributed by atoms with E-state index in [2.05, 4.69) is 5.32 Å². The average Bonchev–Trinajstić information content (AvgIpc) is 2.41. The number of thiophene rings is 1. The van der Waals surface area contributed by atoms with Crippen molar-refractivity contribution in [2.24, 2.45) is 0 Å². The minimum atomic E-state index is 0.0845. The van der Waals surface area contributed by atoms with Gasteiger partial charge in [0.25, 0.3) is 0 Å². The second-order valence-electron chi connectivity index (χ2n) is 2.63. The van der Waals surface area contributed by atoms with Gasteiger partial charge in [0.15, 0.2) is 0 Å². The largest absolute Gasteiger partial charge is 0.396 e. The van der Waals surface area contributed by atoms with Crippen LogP contribution in [0.15, 0.2) is 6.07 Å². The van der Waals surface area contributed by atoms with Crippen molar-refractivity contribution in [3.05, 3.63) is 20.3 Å². The maximum absolute atomic E-state index is 8.81. The van der Waals surface area contributed by atoms with Gasteiger partial charge in [0, 0.05) is 18.2 Å². The molecular formula is C8H11Cl2NOS. The van der Waals surface area contributed by atoms with E-state index < -0.39 is 0 Å². The molecule has 5 heteroatoms. The van der Waals surface area contributed by atoms with Gasteiger partial charge in [0.1, 0.15) is 0 Å². The maximum Gasteiger partial charge on any atom is 0.0991 e. The lowest BCUT2D eigenvalue weighted by molar-refractivity contribution is 0.269. The Morgan fingerprint density at radius 1 is 1.62 bits per heavy atom. The van der Waals surface area contributed by atoms with Crippen molar-refractivity contribution in [3.8, 4) is 0 Å². The van der Waals surface area contributed by atoms with Crippen LogP contribution in [-0.4, -0.2) is 18.8 Å². The first-order valence-electron chi connectivity index (χ1n) is 3.92. The quantitative estimate of drug-likeness (QED) is 0.848. The third-order valence-electron chi connectivity index (χ3n) is 1.82. The van der Waals surface area contributed by atoms with Gasteiger partial charge in [-0.2, -0.15) is 0 Å². The number of hydrogen-bond acceptors (Lipinski definition) is 3. The van der Waals surface area contributed by atoms with Crippen LogP contribution in [0.1, 0.15) is 18.0 Å². The molecule has 0 fully saturated rings. The highest BCUT2D eigenvalue weighted by molar-refractivity contribution is 7.20. The van der Waals surface area contributed by atoms with Crippen molar-refractivity contribution in [1.82, 2.24) is 5.32 Å². The van der Waals surface area contributed by atoms with E-state index in [1.54, 1.807) is 0 Å². The van der Waals surface area contributed by atoms with Crippen LogP contribution in [0.2, 0.25) is 8.67 Å². The summed E-state index contributed by atoms with van der Waals surface area (Å²) in [7, 11) is 1.84. The van der Waals surface area contributed by atoms with Gasteiger partial charge in [0.05, 0.1) is 8.67 Å². The van der Waals surface area contributed by atoms with Gasteiger partial charge in [-0.3, -0.25) is 0 Å². The molecule has 0 saturated heterocycles. The van der Waals surface area contributed by atoms with Crippen LogP contribution in [-0.2, 0) is 0 Å². The molecule has 0 amide bonds. The predicted molar refractivity (Wildman–Crippen MR) is 57.8 cm³/mol. The summed E-state index contributed by atoms with van der Waals surface area (Å²) >= 11 is 13.1. The highest BCUT2D eigenvalue weighted by atomic mass is 35.5. The fourth-order valence-electron chi connectivity index (χ4n) is 1.18. The molecule has 2 N–H and O–H groups in total. The van der Waals surface area contributed by atoms with Crippen LogP contribution in [0, 0.1) is 0 Å². The van der Waals surface area contributed by atoms with E-state index in [0.717, 1.165) is 5.56 Å². The minimum absolute atomic E-state index is 0.0845. The molecule has 1 unspecified atom stereocenters. The van der Waals surface area contributed by atoms with Gasteiger partial charge in [-0.25, -0.2) is 0 Å². The number of nitrogens with one attached hydrogen (secondary N) is 1. The number of aliphatic hydroxyl groups is 1. The van der Waals surface area contributed by atoms with Gasteiger partial charge in [-0.05, 0) is 19.5 Å². The monoisotopic (exact) mass is 239 g/mol. The minimum Gasteiger partial charge on any atom is -0.396 e.